The molecule has 0 bridgehead atoms. The molecule has 0 spiro atoms. The number of primary sulfonamides is 1. The number of halogens is 1. The maximum absolute atomic E-state index is 11.3. The molecule has 0 saturated carbocycles. The van der Waals surface area contributed by atoms with Gasteiger partial charge in [-0.15, -0.1) is 10.2 Å². The summed E-state index contributed by atoms with van der Waals surface area (Å²) in [5.41, 5.74) is 8.82. The van der Waals surface area contributed by atoms with Gasteiger partial charge in [0.25, 0.3) is 0 Å². The summed E-state index contributed by atoms with van der Waals surface area (Å²) in [6.07, 6.45) is 1.63. The number of anilines is 1. The summed E-state index contributed by atoms with van der Waals surface area (Å²) in [4.78, 5) is 4.30. The van der Waals surface area contributed by atoms with E-state index < -0.39 is 10.0 Å². The van der Waals surface area contributed by atoms with Crippen LogP contribution < -0.4 is 10.9 Å². The fourth-order valence-corrected chi connectivity index (χ4v) is 3.34. The fraction of sp³-hybridized carbons (Fsp3) is 0. The molecule has 4 rings (SSSR count). The zero-order valence-electron chi connectivity index (χ0n) is 14.8. The lowest BCUT2D eigenvalue weighted by Gasteiger charge is -2.04. The van der Waals surface area contributed by atoms with Crippen molar-refractivity contribution in [2.45, 2.75) is 4.90 Å². The second-order valence-electron chi connectivity index (χ2n) is 6.05. The molecule has 0 radical (unpaired) electrons. The Bertz CT molecular complexity index is 1330. The number of hydrogen-bond acceptors (Lipinski definition) is 7. The minimum absolute atomic E-state index is 0.0128. The van der Waals surface area contributed by atoms with E-state index >= 15 is 0 Å². The van der Waals surface area contributed by atoms with Crippen molar-refractivity contribution in [2.24, 2.45) is 15.4 Å². The van der Waals surface area contributed by atoms with E-state index in [1.807, 2.05) is 12.1 Å². The third-order valence-corrected chi connectivity index (χ3v) is 5.27. The first kappa shape index (κ1) is 19.0. The van der Waals surface area contributed by atoms with E-state index in [0.717, 1.165) is 11.3 Å². The van der Waals surface area contributed by atoms with Gasteiger partial charge in [0, 0.05) is 16.8 Å². The average molecular weight is 428 g/mol. The summed E-state index contributed by atoms with van der Waals surface area (Å²) in [7, 11) is -3.77. The third-order valence-electron chi connectivity index (χ3n) is 4.09. The maximum Gasteiger partial charge on any atom is 0.238 e. The average Bonchev–Trinajstić information content (AvgIpc) is 3.02. The lowest BCUT2D eigenvalue weighted by atomic mass is 10.1. The zero-order chi connectivity index (χ0) is 20.6. The Labute approximate surface area is 170 Å². The van der Waals surface area contributed by atoms with Crippen molar-refractivity contribution in [3.05, 3.63) is 65.8 Å². The molecule has 9 nitrogen and oxygen atoms in total. The summed E-state index contributed by atoms with van der Waals surface area (Å²) in [5, 5.41) is 18.3. The molecule has 2 heterocycles. The van der Waals surface area contributed by atoms with Crippen LogP contribution in [-0.2, 0) is 10.0 Å². The Kier molecular flexibility index (Phi) is 4.74. The number of fused-ring (bicyclic) bond motifs is 1. The summed E-state index contributed by atoms with van der Waals surface area (Å²) >= 11 is 5.96. The van der Waals surface area contributed by atoms with Crippen LogP contribution in [0.15, 0.2) is 75.9 Å². The number of azo groups is 1. The Morgan fingerprint density at radius 3 is 2.31 bits per heavy atom. The smallest absolute Gasteiger partial charge is 0.238 e. The van der Waals surface area contributed by atoms with Crippen molar-refractivity contribution >= 4 is 44.5 Å². The molecule has 0 saturated heterocycles. The van der Waals surface area contributed by atoms with Gasteiger partial charge in [-0.2, -0.15) is 5.11 Å². The molecule has 4 aromatic rings. The highest BCUT2D eigenvalue weighted by Gasteiger charge is 2.15. The highest BCUT2D eigenvalue weighted by atomic mass is 35.5. The molecule has 0 aliphatic rings. The SMILES string of the molecule is Nc1nn2c(-c3ccc(Cl)cc3)ccnc2c1N=Nc1ccc(S(N)(=O)=O)cc1. The highest BCUT2D eigenvalue weighted by Crippen LogP contribution is 2.31. The van der Waals surface area contributed by atoms with Gasteiger partial charge < -0.3 is 5.73 Å². The quantitative estimate of drug-likeness (QED) is 0.477. The predicted molar refractivity (Wildman–Crippen MR) is 110 cm³/mol. The minimum Gasteiger partial charge on any atom is -0.380 e. The van der Waals surface area contributed by atoms with Gasteiger partial charge in [-0.1, -0.05) is 23.7 Å². The van der Waals surface area contributed by atoms with Gasteiger partial charge in [0.2, 0.25) is 10.0 Å². The monoisotopic (exact) mass is 427 g/mol. The predicted octanol–water partition coefficient (Wildman–Crippen LogP) is 3.69. The van der Waals surface area contributed by atoms with E-state index in [4.69, 9.17) is 22.5 Å². The van der Waals surface area contributed by atoms with Crippen molar-refractivity contribution in [1.29, 1.82) is 0 Å². The summed E-state index contributed by atoms with van der Waals surface area (Å²) in [6.45, 7) is 0. The second kappa shape index (κ2) is 7.24. The largest absolute Gasteiger partial charge is 0.380 e. The zero-order valence-corrected chi connectivity index (χ0v) is 16.3. The number of sulfonamides is 1. The molecule has 2 aromatic carbocycles. The standard InChI is InChI=1S/C18H14ClN7O2S/c19-12-3-1-11(2-4-12)15-9-10-22-18-16(17(20)25-26(15)18)24-23-13-5-7-14(8-6-13)29(21,27)28/h1-10H,(H2,20,25)(H2,21,27,28). The Hall–Kier alpha value is -3.34. The van der Waals surface area contributed by atoms with Gasteiger partial charge in [-0.05, 0) is 42.5 Å². The van der Waals surface area contributed by atoms with Crippen LogP contribution in [0, 0.1) is 0 Å². The molecule has 0 unspecified atom stereocenters. The van der Waals surface area contributed by atoms with Crippen LogP contribution in [-0.4, -0.2) is 23.0 Å². The number of nitrogens with zero attached hydrogens (tertiary/aromatic N) is 5. The molecular weight excluding hydrogens is 414 g/mol. The van der Waals surface area contributed by atoms with Gasteiger partial charge in [-0.25, -0.2) is 23.1 Å². The van der Waals surface area contributed by atoms with E-state index in [-0.39, 0.29) is 10.7 Å². The molecule has 0 aliphatic carbocycles. The summed E-state index contributed by atoms with van der Waals surface area (Å²) in [6, 6.07) is 14.8. The van der Waals surface area contributed by atoms with Gasteiger partial charge in [0.05, 0.1) is 16.3 Å². The van der Waals surface area contributed by atoms with Crippen molar-refractivity contribution in [1.82, 2.24) is 14.6 Å². The number of nitrogen functional groups attached to an aromatic ring is 1. The normalized spacial score (nSPS) is 12.1. The molecule has 0 amide bonds. The van der Waals surface area contributed by atoms with Crippen molar-refractivity contribution in [3.8, 4) is 11.3 Å². The second-order valence-corrected chi connectivity index (χ2v) is 8.04. The minimum atomic E-state index is -3.77. The third kappa shape index (κ3) is 3.81. The Morgan fingerprint density at radius 1 is 0.966 bits per heavy atom. The van der Waals surface area contributed by atoms with Crippen LogP contribution in [0.1, 0.15) is 0 Å². The number of rotatable bonds is 4. The van der Waals surface area contributed by atoms with Gasteiger partial charge >= 0.3 is 0 Å². The number of aromatic nitrogens is 3. The van der Waals surface area contributed by atoms with Gasteiger partial charge in [0.1, 0.15) is 0 Å². The van der Waals surface area contributed by atoms with E-state index in [1.54, 1.807) is 28.9 Å². The fourth-order valence-electron chi connectivity index (χ4n) is 2.70. The lowest BCUT2D eigenvalue weighted by molar-refractivity contribution is 0.598. The summed E-state index contributed by atoms with van der Waals surface area (Å²) < 4.78 is 24.2. The van der Waals surface area contributed by atoms with E-state index in [1.165, 1.54) is 24.3 Å². The molecule has 2 aromatic heterocycles. The topological polar surface area (TPSA) is 141 Å². The molecule has 29 heavy (non-hydrogen) atoms. The van der Waals surface area contributed by atoms with Gasteiger partial charge in [-0.3, -0.25) is 0 Å². The molecular formula is C18H14ClN7O2S. The van der Waals surface area contributed by atoms with Crippen LogP contribution >= 0.6 is 11.6 Å². The first-order valence-electron chi connectivity index (χ1n) is 8.27. The molecule has 146 valence electrons. The van der Waals surface area contributed by atoms with Crippen LogP contribution in [0.4, 0.5) is 17.2 Å². The lowest BCUT2D eigenvalue weighted by Crippen LogP contribution is -2.11. The molecule has 4 N–H and O–H groups in total. The molecule has 0 fully saturated rings. The molecule has 0 atom stereocenters. The van der Waals surface area contributed by atoms with Crippen molar-refractivity contribution in [2.75, 3.05) is 5.73 Å². The van der Waals surface area contributed by atoms with Crippen LogP contribution in [0.25, 0.3) is 16.9 Å². The van der Waals surface area contributed by atoms with Crippen molar-refractivity contribution < 1.29 is 8.42 Å². The highest BCUT2D eigenvalue weighted by molar-refractivity contribution is 7.89. The molecule has 11 heteroatoms. The van der Waals surface area contributed by atoms with Gasteiger partial charge in [0.15, 0.2) is 17.2 Å². The first-order chi connectivity index (χ1) is 13.8. The van der Waals surface area contributed by atoms with Crippen LogP contribution in [0.3, 0.4) is 0 Å². The van der Waals surface area contributed by atoms with E-state index in [9.17, 15) is 8.42 Å². The first-order valence-corrected chi connectivity index (χ1v) is 10.2. The van der Waals surface area contributed by atoms with Crippen LogP contribution in [0.2, 0.25) is 5.02 Å². The maximum atomic E-state index is 11.3. The summed E-state index contributed by atoms with van der Waals surface area (Å²) in [5.74, 6) is 0.156. The Morgan fingerprint density at radius 2 is 1.66 bits per heavy atom. The number of nitrogens with two attached hydrogens (primary N) is 2. The Balaban J connectivity index is 1.73. The number of benzene rings is 2. The number of hydrogen-bond donors (Lipinski definition) is 2. The van der Waals surface area contributed by atoms with E-state index in [0.29, 0.717) is 22.0 Å². The van der Waals surface area contributed by atoms with E-state index in [2.05, 4.69) is 20.3 Å². The van der Waals surface area contributed by atoms with Crippen LogP contribution in [0.5, 0.6) is 0 Å². The molecule has 0 aliphatic heterocycles. The van der Waals surface area contributed by atoms with Crippen molar-refractivity contribution in [3.63, 3.8) is 0 Å².